The highest BCUT2D eigenvalue weighted by atomic mass is 16.5. The summed E-state index contributed by atoms with van der Waals surface area (Å²) in [6.07, 6.45) is 4.61. The quantitative estimate of drug-likeness (QED) is 0.710. The van der Waals surface area contributed by atoms with E-state index in [1.165, 1.54) is 12.8 Å². The lowest BCUT2D eigenvalue weighted by atomic mass is 9.85. The molecule has 4 nitrogen and oxygen atoms in total. The zero-order valence-electron chi connectivity index (χ0n) is 7.86. The van der Waals surface area contributed by atoms with Crippen LogP contribution in [0.4, 0.5) is 0 Å². The van der Waals surface area contributed by atoms with Crippen molar-refractivity contribution in [3.63, 3.8) is 0 Å². The van der Waals surface area contributed by atoms with Crippen LogP contribution in [0.5, 0.6) is 0 Å². The first-order valence-electron chi connectivity index (χ1n) is 4.83. The second-order valence-electron chi connectivity index (χ2n) is 3.73. The van der Waals surface area contributed by atoms with Crippen LogP contribution >= 0.6 is 0 Å². The Labute approximate surface area is 77.5 Å². The second-order valence-corrected chi connectivity index (χ2v) is 3.73. The largest absolute Gasteiger partial charge is 0.339 e. The van der Waals surface area contributed by atoms with Crippen molar-refractivity contribution in [2.24, 2.45) is 5.73 Å². The Bertz CT molecular complexity index is 284. The molecule has 1 aromatic rings. The van der Waals surface area contributed by atoms with Gasteiger partial charge in [-0.1, -0.05) is 18.0 Å². The topological polar surface area (TPSA) is 64.9 Å². The molecule has 2 rings (SSSR count). The first-order chi connectivity index (χ1) is 6.27. The van der Waals surface area contributed by atoms with E-state index < -0.39 is 0 Å². The predicted molar refractivity (Wildman–Crippen MR) is 48.2 cm³/mol. The highest BCUT2D eigenvalue weighted by molar-refractivity contribution is 4.99. The van der Waals surface area contributed by atoms with E-state index in [9.17, 15) is 0 Å². The van der Waals surface area contributed by atoms with Gasteiger partial charge in [0.1, 0.15) is 0 Å². The molecule has 0 saturated heterocycles. The number of aryl methyl sites for hydroxylation is 1. The number of nitrogens with two attached hydrogens (primary N) is 1. The maximum absolute atomic E-state index is 5.99. The molecule has 1 aliphatic carbocycles. The van der Waals surface area contributed by atoms with Gasteiger partial charge in [0, 0.05) is 6.04 Å². The van der Waals surface area contributed by atoms with Crippen molar-refractivity contribution in [1.29, 1.82) is 0 Å². The average molecular weight is 181 g/mol. The Morgan fingerprint density at radius 3 is 2.77 bits per heavy atom. The van der Waals surface area contributed by atoms with Gasteiger partial charge in [-0.2, -0.15) is 4.98 Å². The van der Waals surface area contributed by atoms with E-state index in [0.717, 1.165) is 18.7 Å². The molecule has 0 aromatic carbocycles. The maximum atomic E-state index is 5.99. The van der Waals surface area contributed by atoms with Crippen molar-refractivity contribution in [1.82, 2.24) is 10.1 Å². The van der Waals surface area contributed by atoms with E-state index in [0.29, 0.717) is 5.82 Å². The van der Waals surface area contributed by atoms with Gasteiger partial charge in [-0.25, -0.2) is 0 Å². The maximum Gasteiger partial charge on any atom is 0.231 e. The van der Waals surface area contributed by atoms with Crippen molar-refractivity contribution in [2.45, 2.75) is 44.6 Å². The van der Waals surface area contributed by atoms with E-state index in [1.807, 2.05) is 6.92 Å². The molecule has 1 heterocycles. The van der Waals surface area contributed by atoms with Gasteiger partial charge in [-0.3, -0.25) is 0 Å². The summed E-state index contributed by atoms with van der Waals surface area (Å²) in [6, 6.07) is 0.202. The van der Waals surface area contributed by atoms with Gasteiger partial charge in [0.15, 0.2) is 5.82 Å². The summed E-state index contributed by atoms with van der Waals surface area (Å²) < 4.78 is 5.13. The summed E-state index contributed by atoms with van der Waals surface area (Å²) in [6.45, 7) is 1.83. The van der Waals surface area contributed by atoms with Crippen molar-refractivity contribution >= 4 is 0 Å². The summed E-state index contributed by atoms with van der Waals surface area (Å²) >= 11 is 0. The molecule has 72 valence electrons. The molecule has 1 aliphatic rings. The third-order valence-corrected chi connectivity index (χ3v) is 2.68. The fraction of sp³-hybridized carbons (Fsp3) is 0.778. The van der Waals surface area contributed by atoms with Crippen LogP contribution in [0.2, 0.25) is 0 Å². The van der Waals surface area contributed by atoms with E-state index in [2.05, 4.69) is 10.1 Å². The molecule has 0 aliphatic heterocycles. The predicted octanol–water partition coefficient (Wildman–Crippen LogP) is 1.36. The lowest BCUT2D eigenvalue weighted by molar-refractivity contribution is 0.289. The molecule has 1 saturated carbocycles. The van der Waals surface area contributed by atoms with Crippen LogP contribution in [0, 0.1) is 6.92 Å². The van der Waals surface area contributed by atoms with Crippen LogP contribution < -0.4 is 5.73 Å². The van der Waals surface area contributed by atoms with Crippen LogP contribution in [-0.2, 0) is 0 Å². The number of rotatable bonds is 1. The summed E-state index contributed by atoms with van der Waals surface area (Å²) in [4.78, 5) is 4.23. The first kappa shape index (κ1) is 8.69. The zero-order valence-corrected chi connectivity index (χ0v) is 7.86. The van der Waals surface area contributed by atoms with Crippen LogP contribution in [0.15, 0.2) is 4.52 Å². The Balaban J connectivity index is 2.14. The standard InChI is InChI=1S/C9H15N3O/c1-6-11-9(13-12-6)7-4-2-3-5-8(7)10/h7-8H,2-5,10H2,1H3/t7-,8+/m1/s1. The summed E-state index contributed by atoms with van der Waals surface area (Å²) in [5, 5.41) is 3.78. The Kier molecular flexibility index (Phi) is 2.31. The summed E-state index contributed by atoms with van der Waals surface area (Å²) in [7, 11) is 0. The van der Waals surface area contributed by atoms with E-state index >= 15 is 0 Å². The molecule has 1 aromatic heterocycles. The van der Waals surface area contributed by atoms with E-state index in [1.54, 1.807) is 0 Å². The van der Waals surface area contributed by atoms with Gasteiger partial charge in [-0.15, -0.1) is 0 Å². The molecular weight excluding hydrogens is 166 g/mol. The van der Waals surface area contributed by atoms with Crippen LogP contribution in [-0.4, -0.2) is 16.2 Å². The fourth-order valence-electron chi connectivity index (χ4n) is 1.93. The smallest absolute Gasteiger partial charge is 0.231 e. The van der Waals surface area contributed by atoms with Gasteiger partial charge >= 0.3 is 0 Å². The Morgan fingerprint density at radius 1 is 1.38 bits per heavy atom. The van der Waals surface area contributed by atoms with Gasteiger partial charge in [0.25, 0.3) is 0 Å². The van der Waals surface area contributed by atoms with Gasteiger partial charge in [-0.05, 0) is 19.8 Å². The number of nitrogens with zero attached hydrogens (tertiary/aromatic N) is 2. The molecule has 0 bridgehead atoms. The minimum Gasteiger partial charge on any atom is -0.339 e. The Morgan fingerprint density at radius 2 is 2.15 bits per heavy atom. The molecule has 2 N–H and O–H groups in total. The number of hydrogen-bond acceptors (Lipinski definition) is 4. The highest BCUT2D eigenvalue weighted by Crippen LogP contribution is 2.30. The lowest BCUT2D eigenvalue weighted by Crippen LogP contribution is -2.31. The monoisotopic (exact) mass is 181 g/mol. The third kappa shape index (κ3) is 1.72. The Hall–Kier alpha value is -0.900. The van der Waals surface area contributed by atoms with Crippen molar-refractivity contribution < 1.29 is 4.52 Å². The number of hydrogen-bond donors (Lipinski definition) is 1. The number of aromatic nitrogens is 2. The fourth-order valence-corrected chi connectivity index (χ4v) is 1.93. The van der Waals surface area contributed by atoms with E-state index in [-0.39, 0.29) is 12.0 Å². The van der Waals surface area contributed by atoms with Gasteiger partial charge in [0.2, 0.25) is 5.89 Å². The molecule has 0 unspecified atom stereocenters. The molecule has 0 amide bonds. The van der Waals surface area contributed by atoms with Gasteiger partial charge < -0.3 is 10.3 Å². The normalized spacial score (nSPS) is 29.1. The highest BCUT2D eigenvalue weighted by Gasteiger charge is 2.27. The molecular formula is C9H15N3O. The molecule has 4 heteroatoms. The SMILES string of the molecule is Cc1noc([C@@H]2CCCC[C@@H]2N)n1. The van der Waals surface area contributed by atoms with Gasteiger partial charge in [0.05, 0.1) is 5.92 Å². The molecule has 1 fully saturated rings. The summed E-state index contributed by atoms with van der Waals surface area (Å²) in [5.74, 6) is 1.72. The molecule has 2 atom stereocenters. The molecule has 0 spiro atoms. The van der Waals surface area contributed by atoms with Crippen molar-refractivity contribution in [3.8, 4) is 0 Å². The minimum atomic E-state index is 0.202. The zero-order chi connectivity index (χ0) is 9.26. The lowest BCUT2D eigenvalue weighted by Gasteiger charge is -2.25. The minimum absolute atomic E-state index is 0.202. The first-order valence-corrected chi connectivity index (χ1v) is 4.83. The molecule has 13 heavy (non-hydrogen) atoms. The van der Waals surface area contributed by atoms with Crippen LogP contribution in [0.1, 0.15) is 43.3 Å². The summed E-state index contributed by atoms with van der Waals surface area (Å²) in [5.41, 5.74) is 5.99. The molecule has 0 radical (unpaired) electrons. The van der Waals surface area contributed by atoms with Crippen LogP contribution in [0.3, 0.4) is 0 Å². The third-order valence-electron chi connectivity index (χ3n) is 2.68. The van der Waals surface area contributed by atoms with Crippen molar-refractivity contribution in [3.05, 3.63) is 11.7 Å². The van der Waals surface area contributed by atoms with E-state index in [4.69, 9.17) is 10.3 Å². The second kappa shape index (κ2) is 3.46. The van der Waals surface area contributed by atoms with Crippen molar-refractivity contribution in [2.75, 3.05) is 0 Å². The average Bonchev–Trinajstić information content (AvgIpc) is 2.53. The van der Waals surface area contributed by atoms with Crippen LogP contribution in [0.25, 0.3) is 0 Å².